The third-order valence-electron chi connectivity index (χ3n) is 1.99. The largest absolute Gasteiger partial charge is 0.399 e. The highest BCUT2D eigenvalue weighted by Crippen LogP contribution is 2.24. The van der Waals surface area contributed by atoms with Crippen molar-refractivity contribution in [3.63, 3.8) is 0 Å². The highest BCUT2D eigenvalue weighted by atomic mass is 32.2. The van der Waals surface area contributed by atoms with Gasteiger partial charge in [0.15, 0.2) is 0 Å². The van der Waals surface area contributed by atoms with Crippen molar-refractivity contribution in [3.05, 3.63) is 24.3 Å². The molecule has 0 aromatic heterocycles. The van der Waals surface area contributed by atoms with Gasteiger partial charge in [-0.1, -0.05) is 0 Å². The first-order valence-corrected chi connectivity index (χ1v) is 6.19. The smallest absolute Gasteiger partial charge is 0.233 e. The Kier molecular flexibility index (Phi) is 4.68. The van der Waals surface area contributed by atoms with Gasteiger partial charge in [-0.15, -0.1) is 11.8 Å². The van der Waals surface area contributed by atoms with Gasteiger partial charge >= 0.3 is 0 Å². The van der Waals surface area contributed by atoms with Gasteiger partial charge in [-0.25, -0.2) is 0 Å². The Morgan fingerprint density at radius 3 is 2.31 bits per heavy atom. The van der Waals surface area contributed by atoms with E-state index in [1.807, 2.05) is 45.0 Å². The van der Waals surface area contributed by atoms with Crippen LogP contribution in [0.15, 0.2) is 29.2 Å². The minimum Gasteiger partial charge on any atom is -0.399 e. The van der Waals surface area contributed by atoms with Crippen molar-refractivity contribution in [2.45, 2.75) is 37.0 Å². The predicted molar refractivity (Wildman–Crippen MR) is 69.5 cm³/mol. The number of carbonyl (C=O) groups is 1. The molecule has 0 heterocycles. The molecule has 0 saturated carbocycles. The van der Waals surface area contributed by atoms with Crippen molar-refractivity contribution >= 4 is 23.4 Å². The molecule has 0 aliphatic rings. The average Bonchev–Trinajstić information content (AvgIpc) is 2.20. The number of nitrogen functional groups attached to an aromatic ring is 1. The normalized spacial score (nSPS) is 12.5. The third kappa shape index (κ3) is 4.14. The molecule has 0 saturated heterocycles. The van der Waals surface area contributed by atoms with Gasteiger partial charge in [0.05, 0.1) is 5.25 Å². The zero-order valence-electron chi connectivity index (χ0n) is 9.86. The van der Waals surface area contributed by atoms with E-state index in [9.17, 15) is 4.79 Å². The number of nitrogens with one attached hydrogen (secondary N) is 1. The zero-order valence-corrected chi connectivity index (χ0v) is 10.7. The van der Waals surface area contributed by atoms with E-state index in [0.29, 0.717) is 0 Å². The molecule has 0 spiro atoms. The van der Waals surface area contributed by atoms with E-state index in [-0.39, 0.29) is 17.2 Å². The summed E-state index contributed by atoms with van der Waals surface area (Å²) in [7, 11) is 0. The summed E-state index contributed by atoms with van der Waals surface area (Å²) in [6.07, 6.45) is 0. The molecule has 88 valence electrons. The van der Waals surface area contributed by atoms with E-state index in [4.69, 9.17) is 5.73 Å². The Balaban J connectivity index is 2.53. The van der Waals surface area contributed by atoms with Crippen LogP contribution >= 0.6 is 11.8 Å². The molecule has 1 rings (SSSR count). The van der Waals surface area contributed by atoms with Crippen LogP contribution in [0.5, 0.6) is 0 Å². The van der Waals surface area contributed by atoms with E-state index in [1.54, 1.807) is 0 Å². The molecule has 1 aromatic rings. The number of hydrogen-bond acceptors (Lipinski definition) is 3. The van der Waals surface area contributed by atoms with Crippen LogP contribution in [-0.2, 0) is 4.79 Å². The maximum atomic E-state index is 11.7. The molecule has 1 atom stereocenters. The highest BCUT2D eigenvalue weighted by molar-refractivity contribution is 8.00. The quantitative estimate of drug-likeness (QED) is 0.625. The molecular formula is C12H18N2OS. The number of anilines is 1. The van der Waals surface area contributed by atoms with Crippen molar-refractivity contribution in [1.82, 2.24) is 5.32 Å². The van der Waals surface area contributed by atoms with Crippen LogP contribution in [0.2, 0.25) is 0 Å². The van der Waals surface area contributed by atoms with Gasteiger partial charge < -0.3 is 11.1 Å². The maximum Gasteiger partial charge on any atom is 0.233 e. The average molecular weight is 238 g/mol. The Labute approximate surface area is 101 Å². The third-order valence-corrected chi connectivity index (χ3v) is 3.11. The van der Waals surface area contributed by atoms with E-state index in [0.717, 1.165) is 10.6 Å². The SMILES string of the molecule is CC(C)NC(=O)C(C)Sc1ccc(N)cc1. The first kappa shape index (κ1) is 12.9. The molecule has 0 bridgehead atoms. The Bertz CT molecular complexity index is 349. The summed E-state index contributed by atoms with van der Waals surface area (Å²) in [6, 6.07) is 7.73. The van der Waals surface area contributed by atoms with Crippen LogP contribution in [0.25, 0.3) is 0 Å². The lowest BCUT2D eigenvalue weighted by Gasteiger charge is -2.14. The topological polar surface area (TPSA) is 55.1 Å². The van der Waals surface area contributed by atoms with Gasteiger partial charge in [0.2, 0.25) is 5.91 Å². The number of nitrogens with two attached hydrogens (primary N) is 1. The lowest BCUT2D eigenvalue weighted by atomic mass is 10.3. The molecule has 16 heavy (non-hydrogen) atoms. The second-order valence-corrected chi connectivity index (χ2v) is 5.41. The Hall–Kier alpha value is -1.16. The van der Waals surface area contributed by atoms with Gasteiger partial charge in [-0.2, -0.15) is 0 Å². The van der Waals surface area contributed by atoms with E-state index in [2.05, 4.69) is 5.32 Å². The molecule has 0 aliphatic heterocycles. The standard InChI is InChI=1S/C12H18N2OS/c1-8(2)14-12(15)9(3)16-11-6-4-10(13)5-7-11/h4-9H,13H2,1-3H3,(H,14,15). The molecule has 0 fully saturated rings. The number of rotatable bonds is 4. The second kappa shape index (κ2) is 5.80. The van der Waals surface area contributed by atoms with E-state index in [1.165, 1.54) is 11.8 Å². The van der Waals surface area contributed by atoms with Crippen LogP contribution in [0.1, 0.15) is 20.8 Å². The molecule has 0 radical (unpaired) electrons. The number of amides is 1. The predicted octanol–water partition coefficient (Wildman–Crippen LogP) is 2.27. The lowest BCUT2D eigenvalue weighted by Crippen LogP contribution is -2.35. The first-order valence-electron chi connectivity index (χ1n) is 5.31. The second-order valence-electron chi connectivity index (χ2n) is 3.99. The van der Waals surface area contributed by atoms with Gasteiger partial charge in [0, 0.05) is 16.6 Å². The summed E-state index contributed by atoms with van der Waals surface area (Å²) in [5, 5.41) is 2.80. The fourth-order valence-corrected chi connectivity index (χ4v) is 2.08. The van der Waals surface area contributed by atoms with Gasteiger partial charge in [-0.05, 0) is 45.0 Å². The summed E-state index contributed by atoms with van der Waals surface area (Å²) in [5.74, 6) is 0.0665. The van der Waals surface area contributed by atoms with Crippen molar-refractivity contribution in [3.8, 4) is 0 Å². The lowest BCUT2D eigenvalue weighted by molar-refractivity contribution is -0.120. The number of thioether (sulfide) groups is 1. The zero-order chi connectivity index (χ0) is 12.1. The Morgan fingerprint density at radius 2 is 1.81 bits per heavy atom. The summed E-state index contributed by atoms with van der Waals surface area (Å²) in [6.45, 7) is 5.82. The fraction of sp³-hybridized carbons (Fsp3) is 0.417. The van der Waals surface area contributed by atoms with Gasteiger partial charge in [0.1, 0.15) is 0 Å². The van der Waals surface area contributed by atoms with E-state index >= 15 is 0 Å². The van der Waals surface area contributed by atoms with Crippen LogP contribution in [-0.4, -0.2) is 17.2 Å². The molecule has 1 amide bonds. The van der Waals surface area contributed by atoms with Crippen LogP contribution in [0, 0.1) is 0 Å². The minimum absolute atomic E-state index is 0.0665. The van der Waals surface area contributed by atoms with Crippen molar-refractivity contribution in [1.29, 1.82) is 0 Å². The molecule has 3 N–H and O–H groups in total. The Morgan fingerprint density at radius 1 is 1.25 bits per heavy atom. The minimum atomic E-state index is -0.0916. The number of benzene rings is 1. The van der Waals surface area contributed by atoms with Crippen molar-refractivity contribution in [2.75, 3.05) is 5.73 Å². The molecule has 1 aromatic carbocycles. The first-order chi connectivity index (χ1) is 7.49. The van der Waals surface area contributed by atoms with Crippen LogP contribution in [0.4, 0.5) is 5.69 Å². The molecule has 4 heteroatoms. The van der Waals surface area contributed by atoms with Gasteiger partial charge in [-0.3, -0.25) is 4.79 Å². The molecule has 3 nitrogen and oxygen atoms in total. The highest BCUT2D eigenvalue weighted by Gasteiger charge is 2.14. The number of carbonyl (C=O) groups excluding carboxylic acids is 1. The fourth-order valence-electron chi connectivity index (χ4n) is 1.21. The van der Waals surface area contributed by atoms with Gasteiger partial charge in [0.25, 0.3) is 0 Å². The summed E-state index contributed by atoms with van der Waals surface area (Å²) >= 11 is 1.53. The van der Waals surface area contributed by atoms with Crippen LogP contribution in [0.3, 0.4) is 0 Å². The van der Waals surface area contributed by atoms with Crippen molar-refractivity contribution < 1.29 is 4.79 Å². The van der Waals surface area contributed by atoms with E-state index < -0.39 is 0 Å². The summed E-state index contributed by atoms with van der Waals surface area (Å²) < 4.78 is 0. The summed E-state index contributed by atoms with van der Waals surface area (Å²) in [4.78, 5) is 12.7. The molecular weight excluding hydrogens is 220 g/mol. The van der Waals surface area contributed by atoms with Crippen LogP contribution < -0.4 is 11.1 Å². The molecule has 0 aliphatic carbocycles. The monoisotopic (exact) mass is 238 g/mol. The maximum absolute atomic E-state index is 11.7. The molecule has 1 unspecified atom stereocenters. The van der Waals surface area contributed by atoms with Crippen molar-refractivity contribution in [2.24, 2.45) is 0 Å². The number of hydrogen-bond donors (Lipinski definition) is 2. The summed E-state index contributed by atoms with van der Waals surface area (Å²) in [5.41, 5.74) is 6.33.